The third-order valence-electron chi connectivity index (χ3n) is 5.30. The minimum atomic E-state index is -0.100. The fourth-order valence-electron chi connectivity index (χ4n) is 3.52. The van der Waals surface area contributed by atoms with Crippen molar-refractivity contribution < 1.29 is 9.21 Å². The highest BCUT2D eigenvalue weighted by Gasteiger charge is 2.46. The summed E-state index contributed by atoms with van der Waals surface area (Å²) in [6.45, 7) is 1.98. The molecule has 1 aromatic carbocycles. The predicted octanol–water partition coefficient (Wildman–Crippen LogP) is 4.01. The van der Waals surface area contributed by atoms with Crippen LogP contribution in [0.4, 0.5) is 0 Å². The average Bonchev–Trinajstić information content (AvgIpc) is 3.53. The molecule has 0 bridgehead atoms. The van der Waals surface area contributed by atoms with E-state index in [0.717, 1.165) is 34.8 Å². The van der Waals surface area contributed by atoms with Crippen molar-refractivity contribution >= 4 is 16.9 Å². The molecule has 0 saturated heterocycles. The summed E-state index contributed by atoms with van der Waals surface area (Å²) < 4.78 is 5.89. The molecule has 2 aliphatic carbocycles. The molecule has 2 fully saturated rings. The number of benzene rings is 1. The largest absolute Gasteiger partial charge is 0.464 e. The molecule has 2 N–H and O–H groups in total. The Hall–Kier alpha value is -2.56. The van der Waals surface area contributed by atoms with Gasteiger partial charge in [-0.3, -0.25) is 4.79 Å². The van der Waals surface area contributed by atoms with Crippen molar-refractivity contribution in [2.24, 2.45) is 5.92 Å². The number of rotatable bonds is 5. The number of para-hydroxylation sites is 2. The number of fused-ring (bicyclic) bond motifs is 1. The summed E-state index contributed by atoms with van der Waals surface area (Å²) in [6.07, 6.45) is 3.29. The number of furan rings is 1. The molecule has 2 heterocycles. The van der Waals surface area contributed by atoms with Gasteiger partial charge in [0.25, 0.3) is 0 Å². The summed E-state index contributed by atoms with van der Waals surface area (Å²) in [5, 5.41) is 3.09. The molecule has 0 radical (unpaired) electrons. The minimum Gasteiger partial charge on any atom is -0.464 e. The molecule has 0 spiro atoms. The summed E-state index contributed by atoms with van der Waals surface area (Å²) in [6, 6.07) is 11.9. The number of nitrogens with zero attached hydrogens (tertiary/aromatic N) is 1. The lowest BCUT2D eigenvalue weighted by molar-refractivity contribution is -0.123. The van der Waals surface area contributed by atoms with Crippen LogP contribution in [0.15, 0.2) is 40.8 Å². The highest BCUT2D eigenvalue weighted by atomic mass is 16.3. The molecular formula is C20H21N3O2. The number of H-pyrrole nitrogens is 1. The van der Waals surface area contributed by atoms with E-state index < -0.39 is 0 Å². The fraction of sp³-hybridized carbons (Fsp3) is 0.400. The van der Waals surface area contributed by atoms with Gasteiger partial charge in [0.15, 0.2) is 0 Å². The smallest absolute Gasteiger partial charge is 0.224 e. The van der Waals surface area contributed by atoms with E-state index in [1.807, 2.05) is 43.3 Å². The number of hydrogen-bond donors (Lipinski definition) is 2. The number of hydrogen-bond acceptors (Lipinski definition) is 3. The van der Waals surface area contributed by atoms with Gasteiger partial charge in [-0.2, -0.15) is 0 Å². The van der Waals surface area contributed by atoms with Crippen LogP contribution in [0.25, 0.3) is 11.0 Å². The van der Waals surface area contributed by atoms with E-state index in [1.165, 1.54) is 12.8 Å². The zero-order chi connectivity index (χ0) is 17.0. The third-order valence-corrected chi connectivity index (χ3v) is 5.30. The maximum atomic E-state index is 12.5. The van der Waals surface area contributed by atoms with Crippen molar-refractivity contribution in [2.45, 2.75) is 44.1 Å². The molecule has 2 aliphatic rings. The van der Waals surface area contributed by atoms with Crippen molar-refractivity contribution in [3.8, 4) is 0 Å². The van der Waals surface area contributed by atoms with Crippen molar-refractivity contribution in [1.82, 2.24) is 15.3 Å². The lowest BCUT2D eigenvalue weighted by Crippen LogP contribution is -2.28. The van der Waals surface area contributed by atoms with E-state index in [-0.39, 0.29) is 23.8 Å². The fourth-order valence-corrected chi connectivity index (χ4v) is 3.52. The van der Waals surface area contributed by atoms with Crippen molar-refractivity contribution in [1.29, 1.82) is 0 Å². The molecule has 5 heteroatoms. The quantitative estimate of drug-likeness (QED) is 0.740. The maximum Gasteiger partial charge on any atom is 0.224 e. The number of carbonyl (C=O) groups excluding carboxylic acids is 1. The van der Waals surface area contributed by atoms with Crippen LogP contribution in [0.5, 0.6) is 0 Å². The Labute approximate surface area is 145 Å². The lowest BCUT2D eigenvalue weighted by atomic mass is 10.2. The summed E-state index contributed by atoms with van der Waals surface area (Å²) in [7, 11) is 0. The first-order chi connectivity index (χ1) is 12.2. The average molecular weight is 335 g/mol. The Kier molecular flexibility index (Phi) is 3.23. The molecule has 0 unspecified atom stereocenters. The van der Waals surface area contributed by atoms with E-state index in [4.69, 9.17) is 4.42 Å². The summed E-state index contributed by atoms with van der Waals surface area (Å²) in [5.41, 5.74) is 1.99. The first-order valence-corrected chi connectivity index (χ1v) is 9.03. The zero-order valence-corrected chi connectivity index (χ0v) is 14.2. The number of carbonyl (C=O) groups is 1. The minimum absolute atomic E-state index is 0.000812. The Morgan fingerprint density at radius 1 is 1.28 bits per heavy atom. The SMILES string of the molecule is C[C@@H](NC(=O)[C@H]1C[C@@H]1c1nc2ccccc2[nH]1)c1ccc(C2CC2)o1. The van der Waals surface area contributed by atoms with E-state index >= 15 is 0 Å². The van der Waals surface area contributed by atoms with Gasteiger partial charge in [0.05, 0.1) is 17.1 Å². The molecule has 2 aromatic heterocycles. The Bertz CT molecular complexity index is 904. The second-order valence-corrected chi connectivity index (χ2v) is 7.33. The highest BCUT2D eigenvalue weighted by molar-refractivity contribution is 5.83. The number of nitrogens with one attached hydrogen (secondary N) is 2. The third kappa shape index (κ3) is 2.73. The summed E-state index contributed by atoms with van der Waals surface area (Å²) in [4.78, 5) is 20.5. The van der Waals surface area contributed by atoms with E-state index in [2.05, 4.69) is 15.3 Å². The second-order valence-electron chi connectivity index (χ2n) is 7.33. The van der Waals surface area contributed by atoms with Gasteiger partial charge in [-0.15, -0.1) is 0 Å². The number of amides is 1. The first-order valence-electron chi connectivity index (χ1n) is 9.03. The monoisotopic (exact) mass is 335 g/mol. The number of aromatic amines is 1. The van der Waals surface area contributed by atoms with Crippen LogP contribution in [-0.2, 0) is 4.79 Å². The van der Waals surface area contributed by atoms with Gasteiger partial charge in [-0.05, 0) is 50.5 Å². The Balaban J connectivity index is 1.24. The summed E-state index contributed by atoms with van der Waals surface area (Å²) >= 11 is 0. The standard InChI is InChI=1S/C20H21N3O2/c1-11(17-8-9-18(25-17)12-6-7-12)21-20(24)14-10-13(14)19-22-15-4-2-3-5-16(15)23-19/h2-5,8-9,11-14H,6-7,10H2,1H3,(H,21,24)(H,22,23)/t11-,13+,14+/m1/s1. The molecule has 128 valence electrons. The topological polar surface area (TPSA) is 70.9 Å². The Morgan fingerprint density at radius 3 is 2.92 bits per heavy atom. The highest BCUT2D eigenvalue weighted by Crippen LogP contribution is 2.47. The van der Waals surface area contributed by atoms with Crippen LogP contribution < -0.4 is 5.32 Å². The Morgan fingerprint density at radius 2 is 2.12 bits per heavy atom. The van der Waals surface area contributed by atoms with Crippen molar-refractivity contribution in [3.05, 3.63) is 53.7 Å². The molecule has 1 amide bonds. The van der Waals surface area contributed by atoms with Crippen LogP contribution in [0.1, 0.15) is 61.4 Å². The molecule has 0 aliphatic heterocycles. The predicted molar refractivity (Wildman–Crippen MR) is 94.2 cm³/mol. The molecule has 2 saturated carbocycles. The molecule has 25 heavy (non-hydrogen) atoms. The van der Waals surface area contributed by atoms with Crippen molar-refractivity contribution in [3.63, 3.8) is 0 Å². The zero-order valence-electron chi connectivity index (χ0n) is 14.2. The van der Waals surface area contributed by atoms with Gasteiger partial charge in [-0.1, -0.05) is 12.1 Å². The van der Waals surface area contributed by atoms with E-state index in [1.54, 1.807) is 0 Å². The maximum absolute atomic E-state index is 12.5. The number of aromatic nitrogens is 2. The van der Waals surface area contributed by atoms with Gasteiger partial charge in [0.2, 0.25) is 5.91 Å². The van der Waals surface area contributed by atoms with E-state index in [0.29, 0.717) is 5.92 Å². The van der Waals surface area contributed by atoms with Gasteiger partial charge in [0, 0.05) is 17.8 Å². The normalized spacial score (nSPS) is 23.6. The molecule has 5 nitrogen and oxygen atoms in total. The number of imidazole rings is 1. The second kappa shape index (κ2) is 5.48. The molecule has 5 rings (SSSR count). The molecular weight excluding hydrogens is 314 g/mol. The van der Waals surface area contributed by atoms with Crippen molar-refractivity contribution in [2.75, 3.05) is 0 Å². The summed E-state index contributed by atoms with van der Waals surface area (Å²) in [5.74, 6) is 3.70. The van der Waals surface area contributed by atoms with Gasteiger partial charge < -0.3 is 14.7 Å². The lowest BCUT2D eigenvalue weighted by Gasteiger charge is -2.11. The van der Waals surface area contributed by atoms with Crippen LogP contribution in [0, 0.1) is 5.92 Å². The van der Waals surface area contributed by atoms with Crippen LogP contribution in [0.2, 0.25) is 0 Å². The van der Waals surface area contributed by atoms with Gasteiger partial charge >= 0.3 is 0 Å². The first kappa shape index (κ1) is 14.8. The molecule has 3 atom stereocenters. The van der Waals surface area contributed by atoms with E-state index in [9.17, 15) is 4.79 Å². The van der Waals surface area contributed by atoms with Crippen LogP contribution >= 0.6 is 0 Å². The molecule has 3 aromatic rings. The van der Waals surface area contributed by atoms with Crippen LogP contribution in [0.3, 0.4) is 0 Å². The van der Waals surface area contributed by atoms with Gasteiger partial charge in [-0.25, -0.2) is 4.98 Å². The van der Waals surface area contributed by atoms with Gasteiger partial charge in [0.1, 0.15) is 17.3 Å². The van der Waals surface area contributed by atoms with Crippen LogP contribution in [-0.4, -0.2) is 15.9 Å².